The van der Waals surface area contributed by atoms with Gasteiger partial charge in [-0.05, 0) is 44.2 Å². The first kappa shape index (κ1) is 16.7. The Hall–Kier alpha value is -3.15. The van der Waals surface area contributed by atoms with Crippen LogP contribution in [-0.2, 0) is 4.74 Å². The van der Waals surface area contributed by atoms with E-state index in [1.165, 1.54) is 7.11 Å². The first-order valence-electron chi connectivity index (χ1n) is 7.82. The number of carbonyl (C=O) groups is 1. The maximum atomic E-state index is 12.2. The summed E-state index contributed by atoms with van der Waals surface area (Å²) in [7, 11) is 1.54. The maximum absolute atomic E-state index is 12.2. The van der Waals surface area contributed by atoms with Gasteiger partial charge in [-0.15, -0.1) is 10.2 Å². The van der Waals surface area contributed by atoms with Crippen molar-refractivity contribution in [3.8, 4) is 17.2 Å². The van der Waals surface area contributed by atoms with Crippen molar-refractivity contribution in [2.45, 2.75) is 20.0 Å². The zero-order valence-corrected chi connectivity index (χ0v) is 14.2. The molecule has 0 amide bonds. The lowest BCUT2D eigenvalue weighted by atomic mass is 10.1. The fourth-order valence-electron chi connectivity index (χ4n) is 2.24. The zero-order chi connectivity index (χ0) is 17.8. The van der Waals surface area contributed by atoms with E-state index in [0.29, 0.717) is 17.2 Å². The third kappa shape index (κ3) is 3.85. The van der Waals surface area contributed by atoms with Crippen molar-refractivity contribution in [3.05, 3.63) is 65.5 Å². The predicted octanol–water partition coefficient (Wildman–Crippen LogP) is 3.97. The van der Waals surface area contributed by atoms with Crippen LogP contribution < -0.4 is 4.74 Å². The van der Waals surface area contributed by atoms with Gasteiger partial charge >= 0.3 is 5.97 Å². The molecule has 3 aromatic rings. The standard InChI is InChI=1S/C19H18N2O4/c1-12-7-9-14(10-8-12)18-21-20-17(25-18)13(2)24-19(22)15-5-4-6-16(11-15)23-3/h4-11,13H,1-3H3/t13-/m0/s1. The minimum Gasteiger partial charge on any atom is -0.497 e. The van der Waals surface area contributed by atoms with Crippen LogP contribution >= 0.6 is 0 Å². The number of nitrogens with zero attached hydrogens (tertiary/aromatic N) is 2. The first-order valence-corrected chi connectivity index (χ1v) is 7.82. The third-order valence-corrected chi connectivity index (χ3v) is 3.68. The largest absolute Gasteiger partial charge is 0.497 e. The molecule has 0 saturated heterocycles. The average Bonchev–Trinajstić information content (AvgIpc) is 3.12. The van der Waals surface area contributed by atoms with Gasteiger partial charge in [0.05, 0.1) is 12.7 Å². The summed E-state index contributed by atoms with van der Waals surface area (Å²) in [6.45, 7) is 3.69. The van der Waals surface area contributed by atoms with Gasteiger partial charge in [0.15, 0.2) is 6.10 Å². The molecular weight excluding hydrogens is 320 g/mol. The molecule has 1 aromatic heterocycles. The number of aromatic nitrogens is 2. The highest BCUT2D eigenvalue weighted by Gasteiger charge is 2.20. The molecule has 0 saturated carbocycles. The Morgan fingerprint density at radius 3 is 2.60 bits per heavy atom. The molecule has 6 nitrogen and oxygen atoms in total. The van der Waals surface area contributed by atoms with Gasteiger partial charge < -0.3 is 13.9 Å². The Kier molecular flexibility index (Phi) is 4.79. The molecule has 128 valence electrons. The SMILES string of the molecule is COc1cccc(C(=O)O[C@@H](C)c2nnc(-c3ccc(C)cc3)o2)c1. The smallest absolute Gasteiger partial charge is 0.339 e. The zero-order valence-electron chi connectivity index (χ0n) is 14.2. The van der Waals surface area contributed by atoms with Crippen molar-refractivity contribution in [1.29, 1.82) is 0 Å². The first-order chi connectivity index (χ1) is 12.1. The molecule has 0 aliphatic heterocycles. The molecule has 0 aliphatic rings. The van der Waals surface area contributed by atoms with Gasteiger partial charge in [-0.3, -0.25) is 0 Å². The number of rotatable bonds is 5. The molecule has 3 rings (SSSR count). The van der Waals surface area contributed by atoms with Crippen molar-refractivity contribution >= 4 is 5.97 Å². The van der Waals surface area contributed by atoms with Gasteiger partial charge in [-0.25, -0.2) is 4.79 Å². The van der Waals surface area contributed by atoms with E-state index in [-0.39, 0.29) is 5.89 Å². The lowest BCUT2D eigenvalue weighted by molar-refractivity contribution is 0.0279. The summed E-state index contributed by atoms with van der Waals surface area (Å²) in [5.74, 6) is 0.731. The molecule has 0 unspecified atom stereocenters. The molecule has 6 heteroatoms. The second kappa shape index (κ2) is 7.17. The molecule has 1 heterocycles. The number of carbonyl (C=O) groups excluding carboxylic acids is 1. The van der Waals surface area contributed by atoms with Crippen LogP contribution in [0.2, 0.25) is 0 Å². The van der Waals surface area contributed by atoms with Crippen molar-refractivity contribution in [2.75, 3.05) is 7.11 Å². The fourth-order valence-corrected chi connectivity index (χ4v) is 2.24. The molecule has 25 heavy (non-hydrogen) atoms. The van der Waals surface area contributed by atoms with Crippen molar-refractivity contribution in [3.63, 3.8) is 0 Å². The van der Waals surface area contributed by atoms with Crippen LogP contribution in [0.4, 0.5) is 0 Å². The molecule has 0 spiro atoms. The highest BCUT2D eigenvalue weighted by Crippen LogP contribution is 2.24. The molecule has 0 radical (unpaired) electrons. The summed E-state index contributed by atoms with van der Waals surface area (Å²) in [6, 6.07) is 14.5. The number of esters is 1. The van der Waals surface area contributed by atoms with E-state index in [4.69, 9.17) is 13.9 Å². The third-order valence-electron chi connectivity index (χ3n) is 3.68. The Bertz CT molecular complexity index is 871. The van der Waals surface area contributed by atoms with Crippen molar-refractivity contribution in [2.24, 2.45) is 0 Å². The number of hydrogen-bond donors (Lipinski definition) is 0. The van der Waals surface area contributed by atoms with Gasteiger partial charge in [-0.1, -0.05) is 23.8 Å². The predicted molar refractivity (Wildman–Crippen MR) is 91.3 cm³/mol. The number of benzene rings is 2. The second-order valence-corrected chi connectivity index (χ2v) is 5.59. The van der Waals surface area contributed by atoms with E-state index in [9.17, 15) is 4.79 Å². The van der Waals surface area contributed by atoms with Gasteiger partial charge in [-0.2, -0.15) is 0 Å². The highest BCUT2D eigenvalue weighted by molar-refractivity contribution is 5.89. The molecule has 0 fully saturated rings. The molecule has 0 N–H and O–H groups in total. The summed E-state index contributed by atoms with van der Waals surface area (Å²) in [5, 5.41) is 7.99. The summed E-state index contributed by atoms with van der Waals surface area (Å²) >= 11 is 0. The Balaban J connectivity index is 1.72. The van der Waals surface area contributed by atoms with E-state index in [1.54, 1.807) is 31.2 Å². The topological polar surface area (TPSA) is 74.5 Å². The van der Waals surface area contributed by atoms with Crippen LogP contribution in [0.1, 0.15) is 34.8 Å². The van der Waals surface area contributed by atoms with Gasteiger partial charge in [0.2, 0.25) is 5.89 Å². The van der Waals surface area contributed by atoms with Gasteiger partial charge in [0.1, 0.15) is 5.75 Å². The van der Waals surface area contributed by atoms with Crippen molar-refractivity contribution < 1.29 is 18.7 Å². The van der Waals surface area contributed by atoms with E-state index in [1.807, 2.05) is 31.2 Å². The van der Waals surface area contributed by atoms with E-state index in [2.05, 4.69) is 10.2 Å². The molecule has 2 aromatic carbocycles. The van der Waals surface area contributed by atoms with E-state index in [0.717, 1.165) is 11.1 Å². The Morgan fingerprint density at radius 1 is 1.12 bits per heavy atom. The van der Waals surface area contributed by atoms with Gasteiger partial charge in [0.25, 0.3) is 5.89 Å². The summed E-state index contributed by atoms with van der Waals surface area (Å²) < 4.78 is 16.1. The number of hydrogen-bond acceptors (Lipinski definition) is 6. The highest BCUT2D eigenvalue weighted by atomic mass is 16.6. The lowest BCUT2D eigenvalue weighted by Gasteiger charge is -2.10. The number of aryl methyl sites for hydroxylation is 1. The molecule has 1 atom stereocenters. The van der Waals surface area contributed by atoms with Crippen LogP contribution in [0.3, 0.4) is 0 Å². The summed E-state index contributed by atoms with van der Waals surface area (Å²) in [6.07, 6.45) is -0.662. The molecular formula is C19H18N2O4. The van der Waals surface area contributed by atoms with E-state index < -0.39 is 12.1 Å². The monoisotopic (exact) mass is 338 g/mol. The summed E-state index contributed by atoms with van der Waals surface area (Å²) in [5.41, 5.74) is 2.35. The van der Waals surface area contributed by atoms with Crippen LogP contribution in [-0.4, -0.2) is 23.3 Å². The van der Waals surface area contributed by atoms with Crippen LogP contribution in [0, 0.1) is 6.92 Å². The summed E-state index contributed by atoms with van der Waals surface area (Å²) in [4.78, 5) is 12.2. The van der Waals surface area contributed by atoms with Crippen molar-refractivity contribution in [1.82, 2.24) is 10.2 Å². The van der Waals surface area contributed by atoms with Crippen LogP contribution in [0.25, 0.3) is 11.5 Å². The lowest BCUT2D eigenvalue weighted by Crippen LogP contribution is -2.09. The quantitative estimate of drug-likeness (QED) is 0.655. The van der Waals surface area contributed by atoms with Crippen LogP contribution in [0.5, 0.6) is 5.75 Å². The molecule has 0 aliphatic carbocycles. The van der Waals surface area contributed by atoms with Gasteiger partial charge in [0, 0.05) is 5.56 Å². The Labute approximate surface area is 145 Å². The normalized spacial score (nSPS) is 11.8. The number of ether oxygens (including phenoxy) is 2. The second-order valence-electron chi connectivity index (χ2n) is 5.59. The minimum absolute atomic E-state index is 0.242. The molecule has 0 bridgehead atoms. The fraction of sp³-hybridized carbons (Fsp3) is 0.211. The average molecular weight is 338 g/mol. The minimum atomic E-state index is -0.662. The Morgan fingerprint density at radius 2 is 1.88 bits per heavy atom. The maximum Gasteiger partial charge on any atom is 0.339 e. The number of methoxy groups -OCH3 is 1. The van der Waals surface area contributed by atoms with E-state index >= 15 is 0 Å². The van der Waals surface area contributed by atoms with Crippen LogP contribution in [0.15, 0.2) is 52.9 Å².